The zero-order valence-electron chi connectivity index (χ0n) is 7.16. The average molecular weight is 208 g/mol. The molecule has 0 aromatic carbocycles. The maximum atomic E-state index is 12.7. The van der Waals surface area contributed by atoms with Gasteiger partial charge in [0.1, 0.15) is 6.17 Å². The highest BCUT2D eigenvalue weighted by molar-refractivity contribution is 5.85. The summed E-state index contributed by atoms with van der Waals surface area (Å²) in [5.74, 6) is 1.08. The minimum atomic E-state index is -0.790. The van der Waals surface area contributed by atoms with Crippen molar-refractivity contribution in [1.29, 1.82) is 0 Å². The topological polar surface area (TPSA) is 51.0 Å². The molecule has 1 aliphatic heterocycles. The van der Waals surface area contributed by atoms with E-state index in [1.165, 1.54) is 0 Å². The van der Waals surface area contributed by atoms with E-state index < -0.39 is 6.17 Å². The first-order chi connectivity index (χ1) is 5.75. The van der Waals surface area contributed by atoms with E-state index in [2.05, 4.69) is 15.5 Å². The van der Waals surface area contributed by atoms with Crippen LogP contribution in [-0.2, 0) is 0 Å². The third-order valence-electron chi connectivity index (χ3n) is 1.92. The zero-order valence-corrected chi connectivity index (χ0v) is 7.97. The van der Waals surface area contributed by atoms with Crippen molar-refractivity contribution in [1.82, 2.24) is 15.5 Å². The van der Waals surface area contributed by atoms with Gasteiger partial charge in [-0.3, -0.25) is 0 Å². The lowest BCUT2D eigenvalue weighted by molar-refractivity contribution is 0.323. The second-order valence-corrected chi connectivity index (χ2v) is 2.97. The summed E-state index contributed by atoms with van der Waals surface area (Å²) >= 11 is 0. The number of hydrogen-bond donors (Lipinski definition) is 1. The van der Waals surface area contributed by atoms with E-state index in [4.69, 9.17) is 4.52 Å². The van der Waals surface area contributed by atoms with Crippen molar-refractivity contribution < 1.29 is 8.91 Å². The Kier molecular flexibility index (Phi) is 3.22. The molecule has 74 valence electrons. The molecule has 1 aliphatic rings. The highest BCUT2D eigenvalue weighted by atomic mass is 35.5. The molecule has 0 aliphatic carbocycles. The van der Waals surface area contributed by atoms with Crippen LogP contribution in [0.2, 0.25) is 0 Å². The Balaban J connectivity index is 0.000000845. The van der Waals surface area contributed by atoms with Crippen molar-refractivity contribution in [2.75, 3.05) is 6.54 Å². The summed E-state index contributed by atoms with van der Waals surface area (Å²) in [7, 11) is 0. The Bertz CT molecular complexity index is 280. The molecule has 2 unspecified atom stereocenters. The van der Waals surface area contributed by atoms with Crippen LogP contribution in [0.25, 0.3) is 0 Å². The lowest BCUT2D eigenvalue weighted by atomic mass is 10.2. The van der Waals surface area contributed by atoms with Crippen LogP contribution in [-0.4, -0.2) is 22.9 Å². The SMILES string of the molecule is Cc1noc(C2CC(F)CN2)n1.Cl. The van der Waals surface area contributed by atoms with Gasteiger partial charge in [-0.05, 0) is 6.92 Å². The molecule has 6 heteroatoms. The van der Waals surface area contributed by atoms with Crippen molar-refractivity contribution in [3.63, 3.8) is 0 Å². The molecule has 2 heterocycles. The van der Waals surface area contributed by atoms with Gasteiger partial charge >= 0.3 is 0 Å². The molecule has 0 bridgehead atoms. The number of halogens is 2. The number of nitrogens with zero attached hydrogens (tertiary/aromatic N) is 2. The van der Waals surface area contributed by atoms with E-state index in [1.54, 1.807) is 6.92 Å². The van der Waals surface area contributed by atoms with Crippen LogP contribution in [0, 0.1) is 6.92 Å². The molecule has 13 heavy (non-hydrogen) atoms. The number of alkyl halides is 1. The van der Waals surface area contributed by atoms with Crippen molar-refractivity contribution in [3.8, 4) is 0 Å². The third kappa shape index (κ3) is 2.16. The molecular formula is C7H11ClFN3O. The first-order valence-electron chi connectivity index (χ1n) is 3.93. The maximum absolute atomic E-state index is 12.7. The highest BCUT2D eigenvalue weighted by Gasteiger charge is 2.28. The van der Waals surface area contributed by atoms with Crippen LogP contribution in [0.1, 0.15) is 24.2 Å². The normalized spacial score (nSPS) is 27.2. The summed E-state index contributed by atoms with van der Waals surface area (Å²) in [6, 6.07) is -0.0961. The van der Waals surface area contributed by atoms with E-state index in [0.29, 0.717) is 24.7 Å². The van der Waals surface area contributed by atoms with Crippen LogP contribution in [0.15, 0.2) is 4.52 Å². The van der Waals surface area contributed by atoms with Gasteiger partial charge in [0, 0.05) is 13.0 Å². The molecular weight excluding hydrogens is 197 g/mol. The first kappa shape index (κ1) is 10.4. The van der Waals surface area contributed by atoms with Crippen LogP contribution in [0.3, 0.4) is 0 Å². The van der Waals surface area contributed by atoms with Gasteiger partial charge in [-0.25, -0.2) is 4.39 Å². The molecule has 2 atom stereocenters. The fourth-order valence-electron chi connectivity index (χ4n) is 1.34. The van der Waals surface area contributed by atoms with Gasteiger partial charge in [-0.1, -0.05) is 5.16 Å². The fraction of sp³-hybridized carbons (Fsp3) is 0.714. The van der Waals surface area contributed by atoms with Crippen molar-refractivity contribution in [2.45, 2.75) is 25.6 Å². The van der Waals surface area contributed by atoms with Crippen LogP contribution in [0.4, 0.5) is 4.39 Å². The minimum Gasteiger partial charge on any atom is -0.338 e. The van der Waals surface area contributed by atoms with E-state index in [9.17, 15) is 4.39 Å². The molecule has 1 saturated heterocycles. The zero-order chi connectivity index (χ0) is 8.55. The van der Waals surface area contributed by atoms with Crippen LogP contribution < -0.4 is 5.32 Å². The minimum absolute atomic E-state index is 0. The number of rotatable bonds is 1. The van der Waals surface area contributed by atoms with E-state index in [0.717, 1.165) is 0 Å². The third-order valence-corrected chi connectivity index (χ3v) is 1.92. The molecule has 0 radical (unpaired) electrons. The number of aryl methyl sites for hydroxylation is 1. The van der Waals surface area contributed by atoms with Crippen molar-refractivity contribution >= 4 is 12.4 Å². The highest BCUT2D eigenvalue weighted by Crippen LogP contribution is 2.23. The van der Waals surface area contributed by atoms with Crippen LogP contribution in [0.5, 0.6) is 0 Å². The summed E-state index contributed by atoms with van der Waals surface area (Å²) in [5, 5.41) is 6.60. The molecule has 4 nitrogen and oxygen atoms in total. The van der Waals surface area contributed by atoms with E-state index >= 15 is 0 Å². The standard InChI is InChI=1S/C7H10FN3O.ClH/c1-4-10-7(12-11-4)6-2-5(8)3-9-6;/h5-6,9H,2-3H2,1H3;1H. The Morgan fingerprint density at radius 3 is 2.85 bits per heavy atom. The number of nitrogens with one attached hydrogen (secondary N) is 1. The molecule has 1 N–H and O–H groups in total. The molecule has 0 amide bonds. The average Bonchev–Trinajstić information content (AvgIpc) is 2.58. The second kappa shape index (κ2) is 4.02. The van der Waals surface area contributed by atoms with Gasteiger partial charge in [0.15, 0.2) is 5.82 Å². The lowest BCUT2D eigenvalue weighted by Gasteiger charge is -2.00. The monoisotopic (exact) mass is 207 g/mol. The number of hydrogen-bond acceptors (Lipinski definition) is 4. The predicted molar refractivity (Wildman–Crippen MR) is 46.5 cm³/mol. The molecule has 0 saturated carbocycles. The summed E-state index contributed by atoms with van der Waals surface area (Å²) < 4.78 is 17.6. The Morgan fingerprint density at radius 2 is 2.38 bits per heavy atom. The second-order valence-electron chi connectivity index (χ2n) is 2.97. The van der Waals surface area contributed by atoms with Gasteiger partial charge in [0.25, 0.3) is 0 Å². The van der Waals surface area contributed by atoms with Crippen molar-refractivity contribution in [3.05, 3.63) is 11.7 Å². The predicted octanol–water partition coefficient (Wildman–Crippen LogP) is 1.17. The lowest BCUT2D eigenvalue weighted by Crippen LogP contribution is -2.14. The molecule has 1 aromatic heterocycles. The molecule has 2 rings (SSSR count). The molecule has 1 fully saturated rings. The van der Waals surface area contributed by atoms with E-state index in [1.807, 2.05) is 0 Å². The van der Waals surface area contributed by atoms with Gasteiger partial charge < -0.3 is 9.84 Å². The van der Waals surface area contributed by atoms with Crippen LogP contribution >= 0.6 is 12.4 Å². The first-order valence-corrected chi connectivity index (χ1v) is 3.93. The van der Waals surface area contributed by atoms with Gasteiger partial charge in [-0.15, -0.1) is 12.4 Å². The largest absolute Gasteiger partial charge is 0.338 e. The summed E-state index contributed by atoms with van der Waals surface area (Å²) in [4.78, 5) is 4.02. The summed E-state index contributed by atoms with van der Waals surface area (Å²) in [6.45, 7) is 2.13. The maximum Gasteiger partial charge on any atom is 0.243 e. The number of aromatic nitrogens is 2. The fourth-order valence-corrected chi connectivity index (χ4v) is 1.34. The van der Waals surface area contributed by atoms with Gasteiger partial charge in [0.05, 0.1) is 6.04 Å². The Hall–Kier alpha value is -0.680. The van der Waals surface area contributed by atoms with Gasteiger partial charge in [0.2, 0.25) is 5.89 Å². The Labute approximate surface area is 81.3 Å². The van der Waals surface area contributed by atoms with Crippen molar-refractivity contribution in [2.24, 2.45) is 0 Å². The molecule has 1 aromatic rings. The molecule has 0 spiro atoms. The smallest absolute Gasteiger partial charge is 0.243 e. The Morgan fingerprint density at radius 1 is 1.62 bits per heavy atom. The summed E-state index contributed by atoms with van der Waals surface area (Å²) in [6.07, 6.45) is -0.357. The quantitative estimate of drug-likeness (QED) is 0.751. The van der Waals surface area contributed by atoms with Gasteiger partial charge in [-0.2, -0.15) is 4.98 Å². The summed E-state index contributed by atoms with van der Waals surface area (Å²) in [5.41, 5.74) is 0. The van der Waals surface area contributed by atoms with E-state index in [-0.39, 0.29) is 18.4 Å².